The summed E-state index contributed by atoms with van der Waals surface area (Å²) in [7, 11) is 1.26. The third kappa shape index (κ3) is 10.3. The summed E-state index contributed by atoms with van der Waals surface area (Å²) in [4.78, 5) is 21.0. The maximum atomic E-state index is 10.5. The third-order valence-electron chi connectivity index (χ3n) is 1.48. The molecule has 0 atom stereocenters. The monoisotopic (exact) mass is 212 g/mol. The molecular formula is C11H16O4. The average Bonchev–Trinajstić information content (AvgIpc) is 2.21. The van der Waals surface area contributed by atoms with Crippen LogP contribution in [0.3, 0.4) is 0 Å². The van der Waals surface area contributed by atoms with Gasteiger partial charge in [0.15, 0.2) is 5.78 Å². The first kappa shape index (κ1) is 13.4. The number of carbonyl (C=O) groups excluding carboxylic acids is 2. The molecule has 0 radical (unpaired) electrons. The predicted molar refractivity (Wildman–Crippen MR) is 56.6 cm³/mol. The van der Waals surface area contributed by atoms with Crippen molar-refractivity contribution in [3.63, 3.8) is 0 Å². The highest BCUT2D eigenvalue weighted by Crippen LogP contribution is 1.93. The molecule has 0 saturated heterocycles. The van der Waals surface area contributed by atoms with Crippen LogP contribution in [0.5, 0.6) is 0 Å². The maximum Gasteiger partial charge on any atom is 0.508 e. The first-order chi connectivity index (χ1) is 7.16. The summed E-state index contributed by atoms with van der Waals surface area (Å²) in [5, 5.41) is 0. The van der Waals surface area contributed by atoms with Crippen LogP contribution in [0.25, 0.3) is 0 Å². The molecule has 0 aromatic heterocycles. The molecule has 0 spiro atoms. The maximum absolute atomic E-state index is 10.5. The van der Waals surface area contributed by atoms with Crippen LogP contribution in [0.4, 0.5) is 4.79 Å². The van der Waals surface area contributed by atoms with Crippen LogP contribution in [0.15, 0.2) is 24.3 Å². The standard InChI is InChI=1S/C11H16O4/c1-10(12)8-6-4-3-5-7-9-15-11(13)14-2/h5-8H,3-4,9H2,1-2H3/b7-5+,8-6+. The molecule has 0 aliphatic carbocycles. The number of ketones is 1. The fourth-order valence-corrected chi connectivity index (χ4v) is 0.803. The van der Waals surface area contributed by atoms with E-state index in [1.54, 1.807) is 12.2 Å². The van der Waals surface area contributed by atoms with Crippen LogP contribution in [-0.2, 0) is 14.3 Å². The molecule has 84 valence electrons. The zero-order valence-electron chi connectivity index (χ0n) is 9.06. The largest absolute Gasteiger partial charge is 0.508 e. The lowest BCUT2D eigenvalue weighted by Crippen LogP contribution is -2.03. The summed E-state index contributed by atoms with van der Waals surface area (Å²) in [5.74, 6) is 0.0491. The summed E-state index contributed by atoms with van der Waals surface area (Å²) in [6, 6.07) is 0. The van der Waals surface area contributed by atoms with E-state index in [-0.39, 0.29) is 12.4 Å². The fourth-order valence-electron chi connectivity index (χ4n) is 0.803. The Balaban J connectivity index is 3.39. The zero-order valence-corrected chi connectivity index (χ0v) is 9.06. The van der Waals surface area contributed by atoms with E-state index < -0.39 is 6.16 Å². The van der Waals surface area contributed by atoms with E-state index >= 15 is 0 Å². The molecule has 0 saturated carbocycles. The van der Waals surface area contributed by atoms with E-state index in [9.17, 15) is 9.59 Å². The molecule has 0 amide bonds. The fraction of sp³-hybridized carbons (Fsp3) is 0.455. The van der Waals surface area contributed by atoms with Crippen molar-refractivity contribution in [1.29, 1.82) is 0 Å². The topological polar surface area (TPSA) is 52.6 Å². The summed E-state index contributed by atoms with van der Waals surface area (Å²) in [6.45, 7) is 1.72. The van der Waals surface area contributed by atoms with Gasteiger partial charge in [-0.3, -0.25) is 4.79 Å². The van der Waals surface area contributed by atoms with Crippen LogP contribution in [0.2, 0.25) is 0 Å². The highest BCUT2D eigenvalue weighted by Gasteiger charge is 1.94. The van der Waals surface area contributed by atoms with Gasteiger partial charge >= 0.3 is 6.16 Å². The van der Waals surface area contributed by atoms with E-state index in [0.29, 0.717) is 0 Å². The second kappa shape index (κ2) is 8.99. The quantitative estimate of drug-likeness (QED) is 0.293. The molecule has 0 N–H and O–H groups in total. The first-order valence-corrected chi connectivity index (χ1v) is 4.69. The van der Waals surface area contributed by atoms with Gasteiger partial charge in [-0.1, -0.05) is 18.2 Å². The number of rotatable bonds is 6. The van der Waals surface area contributed by atoms with E-state index in [2.05, 4.69) is 9.47 Å². The van der Waals surface area contributed by atoms with Crippen molar-refractivity contribution in [1.82, 2.24) is 0 Å². The number of hydrogen-bond donors (Lipinski definition) is 0. The van der Waals surface area contributed by atoms with Gasteiger partial charge in [0.2, 0.25) is 0 Å². The number of hydrogen-bond acceptors (Lipinski definition) is 4. The van der Waals surface area contributed by atoms with Crippen molar-refractivity contribution >= 4 is 11.9 Å². The SMILES string of the molecule is COC(=O)OC/C=C/CC/C=C/C(C)=O. The van der Waals surface area contributed by atoms with E-state index in [1.807, 2.05) is 12.2 Å². The number of ether oxygens (including phenoxy) is 2. The number of methoxy groups -OCH3 is 1. The van der Waals surface area contributed by atoms with Gasteiger partial charge in [-0.25, -0.2) is 4.79 Å². The summed E-state index contributed by atoms with van der Waals surface area (Å²) in [5.41, 5.74) is 0. The Morgan fingerprint density at radius 2 is 1.80 bits per heavy atom. The van der Waals surface area contributed by atoms with Crippen LogP contribution in [0.1, 0.15) is 19.8 Å². The predicted octanol–water partition coefficient (Wildman–Crippen LogP) is 2.25. The number of carbonyl (C=O) groups is 2. The normalized spacial score (nSPS) is 10.8. The molecule has 0 aliphatic heterocycles. The molecule has 4 heteroatoms. The van der Waals surface area contributed by atoms with Gasteiger partial charge in [0.05, 0.1) is 7.11 Å². The zero-order chi connectivity index (χ0) is 11.5. The second-order valence-electron chi connectivity index (χ2n) is 2.83. The van der Waals surface area contributed by atoms with Gasteiger partial charge < -0.3 is 9.47 Å². The molecule has 0 aliphatic rings. The van der Waals surface area contributed by atoms with Crippen LogP contribution in [-0.4, -0.2) is 25.7 Å². The Hall–Kier alpha value is -1.58. The molecule has 15 heavy (non-hydrogen) atoms. The minimum Gasteiger partial charge on any atom is -0.438 e. The Kier molecular flexibility index (Phi) is 8.05. The Labute approximate surface area is 89.6 Å². The van der Waals surface area contributed by atoms with Gasteiger partial charge in [0.25, 0.3) is 0 Å². The second-order valence-corrected chi connectivity index (χ2v) is 2.83. The van der Waals surface area contributed by atoms with Crippen molar-refractivity contribution in [2.45, 2.75) is 19.8 Å². The van der Waals surface area contributed by atoms with Crippen molar-refractivity contribution < 1.29 is 19.1 Å². The van der Waals surface area contributed by atoms with E-state index in [0.717, 1.165) is 12.8 Å². The molecule has 0 unspecified atom stereocenters. The lowest BCUT2D eigenvalue weighted by molar-refractivity contribution is -0.112. The molecule has 0 aromatic carbocycles. The van der Waals surface area contributed by atoms with Gasteiger partial charge in [0.1, 0.15) is 6.61 Å². The summed E-state index contributed by atoms with van der Waals surface area (Å²) in [6.07, 6.45) is 7.90. The van der Waals surface area contributed by atoms with Crippen molar-refractivity contribution in [2.24, 2.45) is 0 Å². The Morgan fingerprint density at radius 1 is 1.13 bits per heavy atom. The number of unbranched alkanes of at least 4 members (excludes halogenated alkanes) is 1. The first-order valence-electron chi connectivity index (χ1n) is 4.69. The molecule has 0 rings (SSSR count). The molecule has 0 aromatic rings. The molecular weight excluding hydrogens is 196 g/mol. The molecule has 0 heterocycles. The highest BCUT2D eigenvalue weighted by atomic mass is 16.7. The lowest BCUT2D eigenvalue weighted by atomic mass is 10.2. The Morgan fingerprint density at radius 3 is 2.40 bits per heavy atom. The minimum absolute atomic E-state index is 0.0491. The van der Waals surface area contributed by atoms with Crippen LogP contribution >= 0.6 is 0 Å². The highest BCUT2D eigenvalue weighted by molar-refractivity contribution is 5.87. The molecule has 0 fully saturated rings. The lowest BCUT2D eigenvalue weighted by Gasteiger charge is -1.97. The van der Waals surface area contributed by atoms with Crippen molar-refractivity contribution in [3.8, 4) is 0 Å². The van der Waals surface area contributed by atoms with Crippen LogP contribution < -0.4 is 0 Å². The average molecular weight is 212 g/mol. The minimum atomic E-state index is -0.684. The van der Waals surface area contributed by atoms with Crippen molar-refractivity contribution in [2.75, 3.05) is 13.7 Å². The van der Waals surface area contributed by atoms with Gasteiger partial charge in [0, 0.05) is 0 Å². The smallest absolute Gasteiger partial charge is 0.438 e. The van der Waals surface area contributed by atoms with E-state index in [1.165, 1.54) is 14.0 Å². The third-order valence-corrected chi connectivity index (χ3v) is 1.48. The summed E-state index contributed by atoms with van der Waals surface area (Å²) < 4.78 is 8.89. The number of allylic oxidation sites excluding steroid dienone is 3. The van der Waals surface area contributed by atoms with Crippen molar-refractivity contribution in [3.05, 3.63) is 24.3 Å². The van der Waals surface area contributed by atoms with Crippen LogP contribution in [0, 0.1) is 0 Å². The van der Waals surface area contributed by atoms with Gasteiger partial charge in [-0.15, -0.1) is 0 Å². The summed E-state index contributed by atoms with van der Waals surface area (Å²) >= 11 is 0. The van der Waals surface area contributed by atoms with Gasteiger partial charge in [-0.05, 0) is 25.8 Å². The van der Waals surface area contributed by atoms with Gasteiger partial charge in [-0.2, -0.15) is 0 Å². The molecule has 0 bridgehead atoms. The van der Waals surface area contributed by atoms with E-state index in [4.69, 9.17) is 0 Å². The Bertz CT molecular complexity index is 253. The molecule has 4 nitrogen and oxygen atoms in total.